The van der Waals surface area contributed by atoms with E-state index in [1.807, 2.05) is 0 Å². The summed E-state index contributed by atoms with van der Waals surface area (Å²) in [5.41, 5.74) is 1.35. The van der Waals surface area contributed by atoms with Gasteiger partial charge in [-0.15, -0.1) is 6.42 Å². The van der Waals surface area contributed by atoms with Crippen LogP contribution in [0.5, 0.6) is 0 Å². The molecule has 0 spiro atoms. The molecule has 0 aliphatic heterocycles. The normalized spacial score (nSPS) is 9.89. The molecule has 0 unspecified atom stereocenters. The standard InChI is InChI=1S/C14H14N2O3/c1-3-10-16(2)14(19)15-12-7-4-11(5-8-12)6-9-13(17)18/h1,4-9H,10H2,2H3,(H,15,19)(H,17,18)/b9-6+. The van der Waals surface area contributed by atoms with E-state index in [9.17, 15) is 9.59 Å². The molecule has 0 saturated heterocycles. The summed E-state index contributed by atoms with van der Waals surface area (Å²) in [7, 11) is 1.60. The van der Waals surface area contributed by atoms with Crippen LogP contribution >= 0.6 is 0 Å². The van der Waals surface area contributed by atoms with Crippen molar-refractivity contribution in [1.82, 2.24) is 4.90 Å². The summed E-state index contributed by atoms with van der Waals surface area (Å²) in [5, 5.41) is 11.2. The maximum Gasteiger partial charge on any atom is 0.328 e. The van der Waals surface area contributed by atoms with E-state index in [1.54, 1.807) is 31.3 Å². The Morgan fingerprint density at radius 3 is 2.58 bits per heavy atom. The Kier molecular flexibility index (Phi) is 5.17. The molecule has 0 fully saturated rings. The van der Waals surface area contributed by atoms with Crippen LogP contribution in [0.15, 0.2) is 30.3 Å². The maximum absolute atomic E-state index is 11.6. The largest absolute Gasteiger partial charge is 0.478 e. The number of rotatable bonds is 4. The molecule has 1 aromatic rings. The fourth-order valence-corrected chi connectivity index (χ4v) is 1.27. The van der Waals surface area contributed by atoms with Crippen molar-refractivity contribution < 1.29 is 14.7 Å². The van der Waals surface area contributed by atoms with Gasteiger partial charge in [-0.05, 0) is 23.8 Å². The number of hydrogen-bond donors (Lipinski definition) is 2. The van der Waals surface area contributed by atoms with Gasteiger partial charge in [0.1, 0.15) is 0 Å². The highest BCUT2D eigenvalue weighted by Gasteiger charge is 2.06. The first-order chi connectivity index (χ1) is 9.02. The van der Waals surface area contributed by atoms with Gasteiger partial charge in [0.05, 0.1) is 6.54 Å². The summed E-state index contributed by atoms with van der Waals surface area (Å²) in [4.78, 5) is 23.4. The van der Waals surface area contributed by atoms with Crippen LogP contribution in [0.2, 0.25) is 0 Å². The number of terminal acetylenes is 1. The van der Waals surface area contributed by atoms with Crippen molar-refractivity contribution in [1.29, 1.82) is 0 Å². The molecule has 0 aliphatic rings. The van der Waals surface area contributed by atoms with Gasteiger partial charge in [0.2, 0.25) is 0 Å². The van der Waals surface area contributed by atoms with Crippen LogP contribution < -0.4 is 5.32 Å². The van der Waals surface area contributed by atoms with Crippen LogP contribution in [0.25, 0.3) is 6.08 Å². The molecule has 0 radical (unpaired) electrons. The molecule has 0 atom stereocenters. The number of carboxylic acids is 1. The number of hydrogen-bond acceptors (Lipinski definition) is 2. The van der Waals surface area contributed by atoms with Crippen LogP contribution in [0.3, 0.4) is 0 Å². The SMILES string of the molecule is C#CCN(C)C(=O)Nc1ccc(/C=C/C(=O)O)cc1. The van der Waals surface area contributed by atoms with Gasteiger partial charge in [-0.1, -0.05) is 18.1 Å². The molecule has 5 nitrogen and oxygen atoms in total. The lowest BCUT2D eigenvalue weighted by atomic mass is 10.2. The number of carbonyl (C=O) groups excluding carboxylic acids is 1. The van der Waals surface area contributed by atoms with Crippen molar-refractivity contribution in [2.75, 3.05) is 18.9 Å². The van der Waals surface area contributed by atoms with Gasteiger partial charge < -0.3 is 15.3 Å². The van der Waals surface area contributed by atoms with Crippen molar-refractivity contribution in [2.24, 2.45) is 0 Å². The number of carboxylic acid groups (broad SMARTS) is 1. The first-order valence-electron chi connectivity index (χ1n) is 5.49. The van der Waals surface area contributed by atoms with E-state index in [0.717, 1.165) is 11.6 Å². The Balaban J connectivity index is 2.65. The van der Waals surface area contributed by atoms with Gasteiger partial charge in [-0.2, -0.15) is 0 Å². The van der Waals surface area contributed by atoms with Crippen molar-refractivity contribution >= 4 is 23.8 Å². The summed E-state index contributed by atoms with van der Waals surface area (Å²) in [6.45, 7) is 0.227. The van der Waals surface area contributed by atoms with E-state index in [2.05, 4.69) is 11.2 Å². The number of nitrogens with zero attached hydrogens (tertiary/aromatic N) is 1. The number of anilines is 1. The molecule has 19 heavy (non-hydrogen) atoms. The van der Waals surface area contributed by atoms with Crippen LogP contribution in [0.1, 0.15) is 5.56 Å². The Hall–Kier alpha value is -2.74. The molecular formula is C14H14N2O3. The monoisotopic (exact) mass is 258 g/mol. The molecule has 2 N–H and O–H groups in total. The zero-order valence-corrected chi connectivity index (χ0v) is 10.5. The molecule has 1 rings (SSSR count). The van der Waals surface area contributed by atoms with E-state index in [4.69, 9.17) is 11.5 Å². The minimum absolute atomic E-state index is 0.227. The number of aliphatic carboxylic acids is 1. The van der Waals surface area contributed by atoms with Gasteiger partial charge in [0.25, 0.3) is 0 Å². The summed E-state index contributed by atoms with van der Waals surface area (Å²) < 4.78 is 0. The van der Waals surface area contributed by atoms with Gasteiger partial charge in [0.15, 0.2) is 0 Å². The second-order valence-electron chi connectivity index (χ2n) is 3.78. The van der Waals surface area contributed by atoms with Crippen molar-refractivity contribution in [3.63, 3.8) is 0 Å². The molecule has 0 aliphatic carbocycles. The third kappa shape index (κ3) is 4.96. The predicted octanol–water partition coefficient (Wildman–Crippen LogP) is 1.88. The number of carbonyl (C=O) groups is 2. The first kappa shape index (κ1) is 14.3. The van der Waals surface area contributed by atoms with Crippen molar-refractivity contribution in [2.45, 2.75) is 0 Å². The summed E-state index contributed by atoms with van der Waals surface area (Å²) in [6.07, 6.45) is 7.63. The molecule has 98 valence electrons. The van der Waals surface area contributed by atoms with Crippen LogP contribution in [0, 0.1) is 12.3 Å². The molecule has 0 saturated carbocycles. The van der Waals surface area contributed by atoms with Gasteiger partial charge in [-0.3, -0.25) is 0 Å². The zero-order valence-electron chi connectivity index (χ0n) is 10.5. The Morgan fingerprint density at radius 2 is 2.05 bits per heavy atom. The fourth-order valence-electron chi connectivity index (χ4n) is 1.27. The van der Waals surface area contributed by atoms with Gasteiger partial charge in [-0.25, -0.2) is 9.59 Å². The third-order valence-corrected chi connectivity index (χ3v) is 2.26. The van der Waals surface area contributed by atoms with E-state index in [1.165, 1.54) is 11.0 Å². The Bertz CT molecular complexity index is 527. The lowest BCUT2D eigenvalue weighted by molar-refractivity contribution is -0.131. The highest BCUT2D eigenvalue weighted by atomic mass is 16.4. The number of nitrogens with one attached hydrogen (secondary N) is 1. The molecule has 5 heteroatoms. The lowest BCUT2D eigenvalue weighted by Gasteiger charge is -2.14. The fraction of sp³-hybridized carbons (Fsp3) is 0.143. The summed E-state index contributed by atoms with van der Waals surface area (Å²) in [6, 6.07) is 6.48. The van der Waals surface area contributed by atoms with E-state index < -0.39 is 5.97 Å². The summed E-state index contributed by atoms with van der Waals surface area (Å²) >= 11 is 0. The van der Waals surface area contributed by atoms with Crippen molar-refractivity contribution in [3.8, 4) is 12.3 Å². The molecule has 2 amide bonds. The molecule has 0 aromatic heterocycles. The molecule has 0 heterocycles. The maximum atomic E-state index is 11.6. The lowest BCUT2D eigenvalue weighted by Crippen LogP contribution is -2.31. The van der Waals surface area contributed by atoms with Gasteiger partial charge >= 0.3 is 12.0 Å². The number of amides is 2. The van der Waals surface area contributed by atoms with Crippen LogP contribution in [-0.4, -0.2) is 35.6 Å². The first-order valence-corrected chi connectivity index (χ1v) is 5.49. The highest BCUT2D eigenvalue weighted by Crippen LogP contribution is 2.11. The van der Waals surface area contributed by atoms with E-state index >= 15 is 0 Å². The third-order valence-electron chi connectivity index (χ3n) is 2.26. The highest BCUT2D eigenvalue weighted by molar-refractivity contribution is 5.89. The van der Waals surface area contributed by atoms with Gasteiger partial charge in [0, 0.05) is 18.8 Å². The Labute approximate surface area is 111 Å². The van der Waals surface area contributed by atoms with E-state index in [-0.39, 0.29) is 12.6 Å². The second-order valence-corrected chi connectivity index (χ2v) is 3.78. The molecule has 0 bridgehead atoms. The summed E-state index contributed by atoms with van der Waals surface area (Å²) in [5.74, 6) is 1.36. The Morgan fingerprint density at radius 1 is 1.42 bits per heavy atom. The van der Waals surface area contributed by atoms with E-state index in [0.29, 0.717) is 5.69 Å². The molecule has 1 aromatic carbocycles. The number of urea groups is 1. The van der Waals surface area contributed by atoms with Crippen molar-refractivity contribution in [3.05, 3.63) is 35.9 Å². The second kappa shape index (κ2) is 6.87. The molecular weight excluding hydrogens is 244 g/mol. The smallest absolute Gasteiger partial charge is 0.328 e. The minimum Gasteiger partial charge on any atom is -0.478 e. The topological polar surface area (TPSA) is 69.6 Å². The average Bonchev–Trinajstić information content (AvgIpc) is 2.38. The predicted molar refractivity (Wildman–Crippen MR) is 73.6 cm³/mol. The quantitative estimate of drug-likeness (QED) is 0.640. The van der Waals surface area contributed by atoms with Crippen LogP contribution in [0.4, 0.5) is 10.5 Å². The zero-order chi connectivity index (χ0) is 14.3. The van der Waals surface area contributed by atoms with Crippen LogP contribution in [-0.2, 0) is 4.79 Å². The average molecular weight is 258 g/mol. The minimum atomic E-state index is -1.01. The number of benzene rings is 1.